The largest absolute Gasteiger partial charge is 0.383 e. The average Bonchev–Trinajstić information content (AvgIpc) is 3.18. The van der Waals surface area contributed by atoms with E-state index in [1.807, 2.05) is 60.0 Å². The molecular weight excluding hydrogens is 447 g/mol. The molecule has 1 amide bonds. The molecule has 8 heteroatoms. The molecule has 1 atom stereocenters. The van der Waals surface area contributed by atoms with Crippen molar-refractivity contribution in [2.24, 2.45) is 0 Å². The highest BCUT2D eigenvalue weighted by atomic mass is 35.5. The van der Waals surface area contributed by atoms with Crippen molar-refractivity contribution in [1.82, 2.24) is 19.9 Å². The van der Waals surface area contributed by atoms with Crippen molar-refractivity contribution >= 4 is 40.3 Å². The van der Waals surface area contributed by atoms with Gasteiger partial charge in [-0.1, -0.05) is 30.1 Å². The third-order valence-electron chi connectivity index (χ3n) is 5.14. The van der Waals surface area contributed by atoms with Crippen LogP contribution < -0.4 is 5.32 Å². The molecule has 6 nitrogen and oxygen atoms in total. The van der Waals surface area contributed by atoms with E-state index in [0.29, 0.717) is 39.2 Å². The predicted octanol–water partition coefficient (Wildman–Crippen LogP) is 5.55. The summed E-state index contributed by atoms with van der Waals surface area (Å²) in [7, 11) is 1.62. The van der Waals surface area contributed by atoms with Crippen molar-refractivity contribution in [3.63, 3.8) is 0 Å². The Morgan fingerprint density at radius 3 is 2.38 bits per heavy atom. The molecule has 0 spiro atoms. The molecule has 4 aromatic rings. The zero-order valence-electron chi connectivity index (χ0n) is 17.7. The van der Waals surface area contributed by atoms with E-state index in [2.05, 4.69) is 10.3 Å². The second kappa shape index (κ2) is 9.69. The average molecular weight is 469 g/mol. The van der Waals surface area contributed by atoms with Crippen LogP contribution in [0.5, 0.6) is 0 Å². The van der Waals surface area contributed by atoms with Gasteiger partial charge >= 0.3 is 0 Å². The molecule has 32 heavy (non-hydrogen) atoms. The van der Waals surface area contributed by atoms with Crippen LogP contribution in [-0.4, -0.2) is 40.2 Å². The summed E-state index contributed by atoms with van der Waals surface area (Å²) in [4.78, 5) is 22.2. The monoisotopic (exact) mass is 468 g/mol. The lowest BCUT2D eigenvalue weighted by atomic mass is 10.2. The highest BCUT2D eigenvalue weighted by Gasteiger charge is 2.19. The van der Waals surface area contributed by atoms with Gasteiger partial charge in [-0.2, -0.15) is 0 Å². The number of amides is 1. The van der Waals surface area contributed by atoms with Gasteiger partial charge in [0.15, 0.2) is 5.65 Å². The normalized spacial score (nSPS) is 12.1. The Labute approximate surface area is 196 Å². The van der Waals surface area contributed by atoms with Crippen molar-refractivity contribution in [2.75, 3.05) is 13.7 Å². The SMILES string of the molecule is CCC(COC)NC(=O)c1cnc2c(c1)nc(-c1ccc(Cl)cc1)n2-c1ccc(Cl)cc1. The quantitative estimate of drug-likeness (QED) is 0.386. The van der Waals surface area contributed by atoms with Gasteiger partial charge < -0.3 is 10.1 Å². The fourth-order valence-corrected chi connectivity index (χ4v) is 3.70. The Morgan fingerprint density at radius 1 is 1.09 bits per heavy atom. The van der Waals surface area contributed by atoms with E-state index in [9.17, 15) is 4.79 Å². The molecule has 2 heterocycles. The van der Waals surface area contributed by atoms with Gasteiger partial charge in [0.05, 0.1) is 18.2 Å². The van der Waals surface area contributed by atoms with Crippen LogP contribution in [0.25, 0.3) is 28.2 Å². The highest BCUT2D eigenvalue weighted by Crippen LogP contribution is 2.29. The molecule has 0 bridgehead atoms. The third kappa shape index (κ3) is 4.63. The molecule has 1 unspecified atom stereocenters. The number of aromatic nitrogens is 3. The molecule has 1 N–H and O–H groups in total. The lowest BCUT2D eigenvalue weighted by Gasteiger charge is -2.15. The fourth-order valence-electron chi connectivity index (χ4n) is 3.45. The molecule has 2 aromatic heterocycles. The predicted molar refractivity (Wildman–Crippen MR) is 128 cm³/mol. The van der Waals surface area contributed by atoms with Gasteiger partial charge in [0.1, 0.15) is 11.3 Å². The summed E-state index contributed by atoms with van der Waals surface area (Å²) in [6.07, 6.45) is 2.33. The Balaban J connectivity index is 1.81. The topological polar surface area (TPSA) is 69.0 Å². The first kappa shape index (κ1) is 22.3. The molecule has 4 rings (SSSR count). The molecule has 2 aromatic carbocycles. The van der Waals surface area contributed by atoms with Crippen molar-refractivity contribution in [3.8, 4) is 17.1 Å². The summed E-state index contributed by atoms with van der Waals surface area (Å²) in [6, 6.07) is 16.6. The van der Waals surface area contributed by atoms with Crippen LogP contribution in [0.1, 0.15) is 23.7 Å². The number of imidazole rings is 1. The first-order valence-corrected chi connectivity index (χ1v) is 11.0. The van der Waals surface area contributed by atoms with E-state index in [1.165, 1.54) is 0 Å². The van der Waals surface area contributed by atoms with E-state index >= 15 is 0 Å². The summed E-state index contributed by atoms with van der Waals surface area (Å²) in [5.74, 6) is 0.479. The summed E-state index contributed by atoms with van der Waals surface area (Å²) in [6.45, 7) is 2.45. The minimum absolute atomic E-state index is 0.0700. The highest BCUT2D eigenvalue weighted by molar-refractivity contribution is 6.30. The second-order valence-corrected chi connectivity index (χ2v) is 8.23. The van der Waals surface area contributed by atoms with Crippen LogP contribution in [0.4, 0.5) is 0 Å². The smallest absolute Gasteiger partial charge is 0.253 e. The number of hydrogen-bond donors (Lipinski definition) is 1. The number of ether oxygens (including phenoxy) is 1. The van der Waals surface area contributed by atoms with Gasteiger partial charge in [-0.3, -0.25) is 9.36 Å². The molecule has 0 aliphatic rings. The van der Waals surface area contributed by atoms with Crippen LogP contribution in [-0.2, 0) is 4.74 Å². The maximum absolute atomic E-state index is 12.8. The van der Waals surface area contributed by atoms with Crippen LogP contribution in [0.3, 0.4) is 0 Å². The zero-order chi connectivity index (χ0) is 22.7. The van der Waals surface area contributed by atoms with Crippen LogP contribution in [0, 0.1) is 0 Å². The van der Waals surface area contributed by atoms with E-state index < -0.39 is 0 Å². The second-order valence-electron chi connectivity index (χ2n) is 7.35. The van der Waals surface area contributed by atoms with E-state index in [4.69, 9.17) is 32.9 Å². The zero-order valence-corrected chi connectivity index (χ0v) is 19.2. The summed E-state index contributed by atoms with van der Waals surface area (Å²) in [5.41, 5.74) is 3.42. The van der Waals surface area contributed by atoms with Crippen LogP contribution in [0.15, 0.2) is 60.8 Å². The lowest BCUT2D eigenvalue weighted by Crippen LogP contribution is -2.37. The van der Waals surface area contributed by atoms with Crippen molar-refractivity contribution in [2.45, 2.75) is 19.4 Å². The van der Waals surface area contributed by atoms with Crippen molar-refractivity contribution < 1.29 is 9.53 Å². The number of carbonyl (C=O) groups is 1. The molecule has 0 aliphatic heterocycles. The third-order valence-corrected chi connectivity index (χ3v) is 5.65. The Kier molecular flexibility index (Phi) is 6.74. The number of halogens is 2. The van der Waals surface area contributed by atoms with Crippen LogP contribution in [0.2, 0.25) is 10.0 Å². The van der Waals surface area contributed by atoms with Gasteiger partial charge in [0, 0.05) is 34.6 Å². The molecule has 0 saturated carbocycles. The molecular formula is C24H22Cl2N4O2. The lowest BCUT2D eigenvalue weighted by molar-refractivity contribution is 0.0894. The number of rotatable bonds is 7. The van der Waals surface area contributed by atoms with Crippen LogP contribution >= 0.6 is 23.2 Å². The van der Waals surface area contributed by atoms with E-state index in [1.54, 1.807) is 19.4 Å². The Hall–Kier alpha value is -2.93. The number of nitrogens with zero attached hydrogens (tertiary/aromatic N) is 3. The van der Waals surface area contributed by atoms with E-state index in [0.717, 1.165) is 17.7 Å². The number of nitrogens with one attached hydrogen (secondary N) is 1. The minimum atomic E-state index is -0.211. The summed E-state index contributed by atoms with van der Waals surface area (Å²) >= 11 is 12.2. The van der Waals surface area contributed by atoms with Gasteiger partial charge in [0.25, 0.3) is 5.91 Å². The first-order valence-electron chi connectivity index (χ1n) is 10.2. The van der Waals surface area contributed by atoms with Gasteiger partial charge in [0.2, 0.25) is 0 Å². The number of pyridine rings is 1. The summed E-state index contributed by atoms with van der Waals surface area (Å²) < 4.78 is 7.11. The minimum Gasteiger partial charge on any atom is -0.383 e. The number of benzene rings is 2. The van der Waals surface area contributed by atoms with Crippen molar-refractivity contribution in [3.05, 3.63) is 76.4 Å². The van der Waals surface area contributed by atoms with Gasteiger partial charge in [-0.15, -0.1) is 0 Å². The van der Waals surface area contributed by atoms with Crippen molar-refractivity contribution in [1.29, 1.82) is 0 Å². The molecule has 0 fully saturated rings. The Bertz CT molecular complexity index is 1240. The molecule has 0 radical (unpaired) electrons. The molecule has 0 saturated heterocycles. The van der Waals surface area contributed by atoms with E-state index in [-0.39, 0.29) is 11.9 Å². The fraction of sp³-hybridized carbons (Fsp3) is 0.208. The molecule has 0 aliphatic carbocycles. The number of methoxy groups -OCH3 is 1. The van der Waals surface area contributed by atoms with Gasteiger partial charge in [-0.05, 0) is 61.0 Å². The van der Waals surface area contributed by atoms with Gasteiger partial charge in [-0.25, -0.2) is 9.97 Å². The number of carbonyl (C=O) groups excluding carboxylic acids is 1. The number of hydrogen-bond acceptors (Lipinski definition) is 4. The summed E-state index contributed by atoms with van der Waals surface area (Å²) in [5, 5.41) is 4.26. The first-order chi connectivity index (χ1) is 15.5. The maximum atomic E-state index is 12.8. The standard InChI is InChI=1S/C24H22Cl2N4O2/c1-3-19(14-32-2)28-24(31)16-12-21-23(27-13-16)30(20-10-8-18(26)9-11-20)22(29-21)15-4-6-17(25)7-5-15/h4-13,19H,3,14H2,1-2H3,(H,28,31). The maximum Gasteiger partial charge on any atom is 0.253 e. The number of fused-ring (bicyclic) bond motifs is 1. The molecule has 164 valence electrons. The Morgan fingerprint density at radius 2 is 1.75 bits per heavy atom.